The highest BCUT2D eigenvalue weighted by Crippen LogP contribution is 2.34. The van der Waals surface area contributed by atoms with Gasteiger partial charge in [-0.15, -0.1) is 0 Å². The van der Waals surface area contributed by atoms with Gasteiger partial charge in [0, 0.05) is 12.6 Å². The topological polar surface area (TPSA) is 40.0 Å². The van der Waals surface area contributed by atoms with Crippen molar-refractivity contribution in [1.29, 1.82) is 0 Å². The second-order valence-corrected chi connectivity index (χ2v) is 10.7. The molecule has 4 unspecified atom stereocenters. The maximum Gasteiger partial charge on any atom is 0.108 e. The zero-order chi connectivity index (χ0) is 26.0. The summed E-state index contributed by atoms with van der Waals surface area (Å²) in [6.45, 7) is 4.25. The van der Waals surface area contributed by atoms with Gasteiger partial charge >= 0.3 is 0 Å². The van der Waals surface area contributed by atoms with Gasteiger partial charge in [0.2, 0.25) is 0 Å². The molecule has 0 aliphatic carbocycles. The number of aliphatic imine (C=N–C) groups is 1. The summed E-state index contributed by atoms with van der Waals surface area (Å²) in [4.78, 5) is 4.93. The van der Waals surface area contributed by atoms with Gasteiger partial charge in [0.25, 0.3) is 0 Å². The molecule has 0 radical (unpaired) electrons. The van der Waals surface area contributed by atoms with Gasteiger partial charge in [0.1, 0.15) is 6.10 Å². The van der Waals surface area contributed by atoms with Crippen LogP contribution in [0.15, 0.2) is 108 Å². The summed E-state index contributed by atoms with van der Waals surface area (Å²) < 4.78 is 19.0. The maximum absolute atomic E-state index is 6.58. The van der Waals surface area contributed by atoms with Crippen molar-refractivity contribution in [1.82, 2.24) is 0 Å². The molecule has 5 rings (SSSR count). The van der Waals surface area contributed by atoms with Crippen LogP contribution in [0.3, 0.4) is 0 Å². The van der Waals surface area contributed by atoms with Crippen molar-refractivity contribution in [3.63, 3.8) is 0 Å². The Hall–Kier alpha value is -3.05. The van der Waals surface area contributed by atoms with Gasteiger partial charge in [-0.05, 0) is 47.9 Å². The van der Waals surface area contributed by atoms with Gasteiger partial charge in [0.15, 0.2) is 0 Å². The monoisotopic (exact) mass is 509 g/mol. The zero-order valence-electron chi connectivity index (χ0n) is 22.3. The summed E-state index contributed by atoms with van der Waals surface area (Å²) in [5.74, 6) is 0.346. The van der Waals surface area contributed by atoms with Crippen molar-refractivity contribution >= 4 is 6.21 Å². The molecule has 2 heterocycles. The van der Waals surface area contributed by atoms with E-state index in [1.165, 1.54) is 16.7 Å². The average molecular weight is 510 g/mol. The fourth-order valence-corrected chi connectivity index (χ4v) is 5.62. The molecule has 4 nitrogen and oxygen atoms in total. The predicted octanol–water partition coefficient (Wildman–Crippen LogP) is 7.01. The van der Waals surface area contributed by atoms with Crippen LogP contribution in [0.5, 0.6) is 0 Å². The van der Waals surface area contributed by atoms with Gasteiger partial charge in [-0.25, -0.2) is 0 Å². The first-order chi connectivity index (χ1) is 18.7. The van der Waals surface area contributed by atoms with Crippen molar-refractivity contribution in [2.75, 3.05) is 19.8 Å². The fourth-order valence-electron chi connectivity index (χ4n) is 5.62. The first-order valence-electron chi connectivity index (χ1n) is 13.9. The Kier molecular flexibility index (Phi) is 9.19. The Morgan fingerprint density at radius 3 is 2.13 bits per heavy atom. The van der Waals surface area contributed by atoms with E-state index in [-0.39, 0.29) is 23.9 Å². The lowest BCUT2D eigenvalue weighted by Crippen LogP contribution is -2.39. The van der Waals surface area contributed by atoms with Crippen LogP contribution in [-0.4, -0.2) is 43.8 Å². The maximum atomic E-state index is 6.58. The lowest BCUT2D eigenvalue weighted by molar-refractivity contribution is -0.140. The van der Waals surface area contributed by atoms with Crippen molar-refractivity contribution in [3.05, 3.63) is 120 Å². The highest BCUT2D eigenvalue weighted by atomic mass is 16.6. The number of nitrogens with zero attached hydrogens (tertiary/aromatic N) is 1. The third-order valence-electron chi connectivity index (χ3n) is 7.48. The molecule has 0 N–H and O–H groups in total. The molecule has 0 spiro atoms. The minimum absolute atomic E-state index is 0.0762. The number of benzene rings is 3. The van der Waals surface area contributed by atoms with E-state index in [0.29, 0.717) is 25.7 Å². The summed E-state index contributed by atoms with van der Waals surface area (Å²) in [6, 6.07) is 31.5. The molecule has 4 heteroatoms. The SMILES string of the molecule is CC(COC(c1ccccc1)c1ccccc1)CC1(CCC2COCC(Cc3ccccc3)O2)C=CC=N1. The standard InChI is InChI=1S/C34H39NO3/c1-27(24-37-33(29-14-7-3-8-15-29)30-16-9-4-10-17-30)23-34(19-11-21-35-34)20-18-31-25-36-26-32(38-31)22-28-12-5-2-6-13-28/h2-17,19,21,27,31-33H,18,20,22-26H2,1H3. The zero-order valence-corrected chi connectivity index (χ0v) is 22.3. The molecule has 0 amide bonds. The van der Waals surface area contributed by atoms with E-state index in [1.54, 1.807) is 0 Å². The number of allylic oxidation sites excluding steroid dienone is 1. The lowest BCUT2D eigenvalue weighted by atomic mass is 9.84. The van der Waals surface area contributed by atoms with Crippen molar-refractivity contribution < 1.29 is 14.2 Å². The van der Waals surface area contributed by atoms with E-state index >= 15 is 0 Å². The fraction of sp³-hybridized carbons (Fsp3) is 0.382. The summed E-state index contributed by atoms with van der Waals surface area (Å²) in [5, 5.41) is 0. The molecule has 2 aliphatic heterocycles. The van der Waals surface area contributed by atoms with Crippen LogP contribution in [0.25, 0.3) is 0 Å². The van der Waals surface area contributed by atoms with Gasteiger partial charge < -0.3 is 14.2 Å². The molecule has 38 heavy (non-hydrogen) atoms. The van der Waals surface area contributed by atoms with Crippen LogP contribution < -0.4 is 0 Å². The van der Waals surface area contributed by atoms with Crippen molar-refractivity contribution in [3.8, 4) is 0 Å². The minimum Gasteiger partial charge on any atom is -0.376 e. The number of hydrogen-bond donors (Lipinski definition) is 0. The highest BCUT2D eigenvalue weighted by molar-refractivity contribution is 5.75. The van der Waals surface area contributed by atoms with Crippen molar-refractivity contribution in [2.45, 2.75) is 56.5 Å². The molecule has 3 aromatic rings. The minimum atomic E-state index is -0.201. The second-order valence-electron chi connectivity index (χ2n) is 10.7. The molecule has 3 aromatic carbocycles. The van der Waals surface area contributed by atoms with E-state index in [1.807, 2.05) is 18.3 Å². The number of hydrogen-bond acceptors (Lipinski definition) is 4. The van der Waals surface area contributed by atoms with Gasteiger partial charge in [-0.2, -0.15) is 0 Å². The molecule has 0 bridgehead atoms. The Labute approximate surface area is 227 Å². The average Bonchev–Trinajstić information content (AvgIpc) is 3.42. The Bertz CT molecular complexity index is 1110. The summed E-state index contributed by atoms with van der Waals surface area (Å²) in [6.07, 6.45) is 10.1. The van der Waals surface area contributed by atoms with Crippen LogP contribution >= 0.6 is 0 Å². The second kappa shape index (κ2) is 13.1. The molecular weight excluding hydrogens is 470 g/mol. The Balaban J connectivity index is 1.16. The predicted molar refractivity (Wildman–Crippen MR) is 154 cm³/mol. The third kappa shape index (κ3) is 7.28. The largest absolute Gasteiger partial charge is 0.376 e. The smallest absolute Gasteiger partial charge is 0.108 e. The molecule has 0 aromatic heterocycles. The summed E-state index contributed by atoms with van der Waals surface area (Å²) in [5.41, 5.74) is 3.45. The van der Waals surface area contributed by atoms with Crippen LogP contribution in [0.4, 0.5) is 0 Å². The van der Waals surface area contributed by atoms with Crippen LogP contribution in [0, 0.1) is 5.92 Å². The molecule has 1 saturated heterocycles. The highest BCUT2D eigenvalue weighted by Gasteiger charge is 2.33. The third-order valence-corrected chi connectivity index (χ3v) is 7.48. The van der Waals surface area contributed by atoms with Crippen LogP contribution in [-0.2, 0) is 20.6 Å². The molecular formula is C34H39NO3. The first kappa shape index (κ1) is 26.6. The van der Waals surface area contributed by atoms with E-state index in [0.717, 1.165) is 25.7 Å². The first-order valence-corrected chi connectivity index (χ1v) is 13.9. The van der Waals surface area contributed by atoms with Gasteiger partial charge in [-0.3, -0.25) is 4.99 Å². The molecule has 2 aliphatic rings. The van der Waals surface area contributed by atoms with Crippen LogP contribution in [0.2, 0.25) is 0 Å². The summed E-state index contributed by atoms with van der Waals surface area (Å²) >= 11 is 0. The lowest BCUT2D eigenvalue weighted by Gasteiger charge is -2.34. The van der Waals surface area contributed by atoms with E-state index in [2.05, 4.69) is 97.9 Å². The van der Waals surface area contributed by atoms with Gasteiger partial charge in [-0.1, -0.05) is 104 Å². The quantitative estimate of drug-likeness (QED) is 0.264. The number of ether oxygens (including phenoxy) is 3. The normalized spacial score (nSPS) is 23.6. The van der Waals surface area contributed by atoms with E-state index in [9.17, 15) is 0 Å². The Morgan fingerprint density at radius 1 is 0.868 bits per heavy atom. The molecule has 198 valence electrons. The number of rotatable bonds is 12. The van der Waals surface area contributed by atoms with Crippen molar-refractivity contribution in [2.24, 2.45) is 10.9 Å². The van der Waals surface area contributed by atoms with Gasteiger partial charge in [0.05, 0.1) is 37.6 Å². The van der Waals surface area contributed by atoms with E-state index < -0.39 is 0 Å². The molecule has 0 saturated carbocycles. The molecule has 1 fully saturated rings. The summed E-state index contributed by atoms with van der Waals surface area (Å²) in [7, 11) is 0. The van der Waals surface area contributed by atoms with E-state index in [4.69, 9.17) is 19.2 Å². The van der Waals surface area contributed by atoms with Crippen LogP contribution in [0.1, 0.15) is 49.0 Å². The molecule has 4 atom stereocenters. The Morgan fingerprint density at radius 2 is 1.50 bits per heavy atom.